The van der Waals surface area contributed by atoms with Crippen molar-refractivity contribution in [2.24, 2.45) is 0 Å². The molecule has 0 aromatic heterocycles. The van der Waals surface area contributed by atoms with Crippen LogP contribution in [0, 0.1) is 18.3 Å². The van der Waals surface area contributed by atoms with Crippen molar-refractivity contribution >= 4 is 23.6 Å². The van der Waals surface area contributed by atoms with E-state index in [0.29, 0.717) is 34.9 Å². The molecule has 1 amide bonds. The Morgan fingerprint density at radius 3 is 2.41 bits per heavy atom. The number of nitriles is 1. The van der Waals surface area contributed by atoms with E-state index in [9.17, 15) is 14.9 Å². The fraction of sp³-hybridized carbons (Fsp3) is 0.148. The molecule has 172 valence electrons. The highest BCUT2D eigenvalue weighted by atomic mass is 16.6. The minimum absolute atomic E-state index is 0.0753. The molecule has 3 rings (SSSR count). The van der Waals surface area contributed by atoms with Gasteiger partial charge in [0.15, 0.2) is 11.5 Å². The van der Waals surface area contributed by atoms with Crippen LogP contribution in [0.2, 0.25) is 0 Å². The first-order valence-electron chi connectivity index (χ1n) is 10.6. The number of anilines is 1. The fourth-order valence-corrected chi connectivity index (χ4v) is 3.07. The number of amides is 1. The summed E-state index contributed by atoms with van der Waals surface area (Å²) in [7, 11) is 1.54. The van der Waals surface area contributed by atoms with Gasteiger partial charge in [0, 0.05) is 5.69 Å². The zero-order valence-corrected chi connectivity index (χ0v) is 19.1. The van der Waals surface area contributed by atoms with Crippen LogP contribution in [0.25, 0.3) is 6.08 Å². The smallest absolute Gasteiger partial charge is 0.343 e. The molecular formula is C27H24N2O5. The highest BCUT2D eigenvalue weighted by molar-refractivity contribution is 6.10. The minimum atomic E-state index is -0.553. The van der Waals surface area contributed by atoms with Gasteiger partial charge in [-0.25, -0.2) is 4.79 Å². The third kappa shape index (κ3) is 6.02. The van der Waals surface area contributed by atoms with Gasteiger partial charge in [-0.2, -0.15) is 5.26 Å². The molecule has 0 aliphatic carbocycles. The Morgan fingerprint density at radius 1 is 1.03 bits per heavy atom. The molecule has 1 N–H and O–H groups in total. The monoisotopic (exact) mass is 456 g/mol. The number of nitrogens with zero attached hydrogens (tertiary/aromatic N) is 1. The summed E-state index contributed by atoms with van der Waals surface area (Å²) in [6, 6.07) is 20.6. The van der Waals surface area contributed by atoms with Crippen molar-refractivity contribution in [2.45, 2.75) is 13.8 Å². The first kappa shape index (κ1) is 24.1. The average molecular weight is 456 g/mol. The summed E-state index contributed by atoms with van der Waals surface area (Å²) < 4.78 is 16.2. The molecule has 0 fully saturated rings. The standard InChI is InChI=1S/C27H24N2O5/c1-4-33-25-16-19(15-21(17-28)26(30)29-23-8-6-5-7-18(23)2)9-14-24(25)34-27(31)20-10-12-22(32-3)13-11-20/h5-16H,4H2,1-3H3,(H,29,30)/b21-15-. The van der Waals surface area contributed by atoms with Crippen LogP contribution in [-0.4, -0.2) is 25.6 Å². The highest BCUT2D eigenvalue weighted by Crippen LogP contribution is 2.30. The molecule has 0 atom stereocenters. The molecule has 0 radical (unpaired) electrons. The molecular weight excluding hydrogens is 432 g/mol. The number of rotatable bonds is 8. The predicted molar refractivity (Wildman–Crippen MR) is 129 cm³/mol. The van der Waals surface area contributed by atoms with E-state index < -0.39 is 11.9 Å². The Labute approximate surface area is 198 Å². The van der Waals surface area contributed by atoms with Gasteiger partial charge in [0.2, 0.25) is 0 Å². The molecule has 0 aliphatic rings. The molecule has 7 heteroatoms. The Bertz CT molecular complexity index is 1260. The van der Waals surface area contributed by atoms with Crippen molar-refractivity contribution in [2.75, 3.05) is 19.0 Å². The van der Waals surface area contributed by atoms with Gasteiger partial charge < -0.3 is 19.5 Å². The van der Waals surface area contributed by atoms with Gasteiger partial charge >= 0.3 is 5.97 Å². The first-order valence-corrected chi connectivity index (χ1v) is 10.6. The summed E-state index contributed by atoms with van der Waals surface area (Å²) in [5, 5.41) is 12.3. The van der Waals surface area contributed by atoms with Gasteiger partial charge in [-0.15, -0.1) is 0 Å². The van der Waals surface area contributed by atoms with Crippen molar-refractivity contribution in [1.29, 1.82) is 5.26 Å². The number of para-hydroxylation sites is 1. The van der Waals surface area contributed by atoms with Crippen LogP contribution in [0.15, 0.2) is 72.3 Å². The zero-order valence-electron chi connectivity index (χ0n) is 19.1. The number of hydrogen-bond acceptors (Lipinski definition) is 6. The summed E-state index contributed by atoms with van der Waals surface area (Å²) in [6.07, 6.45) is 1.45. The second-order valence-electron chi connectivity index (χ2n) is 7.20. The SMILES string of the molecule is CCOc1cc(/C=C(/C#N)C(=O)Nc2ccccc2C)ccc1OC(=O)c1ccc(OC)cc1. The lowest BCUT2D eigenvalue weighted by Gasteiger charge is -2.12. The third-order valence-corrected chi connectivity index (χ3v) is 4.87. The van der Waals surface area contributed by atoms with Crippen molar-refractivity contribution < 1.29 is 23.8 Å². The van der Waals surface area contributed by atoms with Crippen LogP contribution in [0.5, 0.6) is 17.2 Å². The molecule has 3 aromatic carbocycles. The van der Waals surface area contributed by atoms with E-state index >= 15 is 0 Å². The lowest BCUT2D eigenvalue weighted by molar-refractivity contribution is -0.112. The normalized spacial score (nSPS) is 10.7. The number of aryl methyl sites for hydroxylation is 1. The minimum Gasteiger partial charge on any atom is -0.497 e. The molecule has 0 aliphatic heterocycles. The Morgan fingerprint density at radius 2 is 1.76 bits per heavy atom. The van der Waals surface area contributed by atoms with E-state index in [1.807, 2.05) is 25.1 Å². The summed E-state index contributed by atoms with van der Waals surface area (Å²) in [6.45, 7) is 4.00. The molecule has 34 heavy (non-hydrogen) atoms. The van der Waals surface area contributed by atoms with Gasteiger partial charge in [0.05, 0.1) is 19.3 Å². The molecule has 7 nitrogen and oxygen atoms in total. The molecule has 0 heterocycles. The summed E-state index contributed by atoms with van der Waals surface area (Å²) >= 11 is 0. The quantitative estimate of drug-likeness (QED) is 0.217. The number of nitrogens with one attached hydrogen (secondary N) is 1. The van der Waals surface area contributed by atoms with Crippen molar-refractivity contribution in [1.82, 2.24) is 0 Å². The number of benzene rings is 3. The van der Waals surface area contributed by atoms with E-state index in [1.54, 1.807) is 68.6 Å². The number of ether oxygens (including phenoxy) is 3. The second-order valence-corrected chi connectivity index (χ2v) is 7.20. The molecule has 0 unspecified atom stereocenters. The number of carbonyl (C=O) groups excluding carboxylic acids is 2. The lowest BCUT2D eigenvalue weighted by atomic mass is 10.1. The highest BCUT2D eigenvalue weighted by Gasteiger charge is 2.15. The van der Waals surface area contributed by atoms with E-state index in [1.165, 1.54) is 6.08 Å². The summed E-state index contributed by atoms with van der Waals surface area (Å²) in [5.74, 6) is 0.0897. The molecule has 0 spiro atoms. The Kier molecular flexibility index (Phi) is 8.03. The van der Waals surface area contributed by atoms with Crippen molar-refractivity contribution in [3.8, 4) is 23.3 Å². The van der Waals surface area contributed by atoms with Gasteiger partial charge in [-0.05, 0) is 73.5 Å². The van der Waals surface area contributed by atoms with Crippen LogP contribution >= 0.6 is 0 Å². The van der Waals surface area contributed by atoms with Crippen molar-refractivity contribution in [3.05, 3.63) is 89.0 Å². The maximum absolute atomic E-state index is 12.6. The molecule has 0 saturated heterocycles. The zero-order chi connectivity index (χ0) is 24.5. The van der Waals surface area contributed by atoms with E-state index in [-0.39, 0.29) is 11.3 Å². The van der Waals surface area contributed by atoms with Gasteiger partial charge in [-0.1, -0.05) is 24.3 Å². The third-order valence-electron chi connectivity index (χ3n) is 4.87. The van der Waals surface area contributed by atoms with Gasteiger partial charge in [0.25, 0.3) is 5.91 Å². The molecule has 0 saturated carbocycles. The van der Waals surface area contributed by atoms with Gasteiger partial charge in [0.1, 0.15) is 17.4 Å². The van der Waals surface area contributed by atoms with Crippen LogP contribution in [-0.2, 0) is 4.79 Å². The number of esters is 1. The maximum atomic E-state index is 12.6. The summed E-state index contributed by atoms with van der Waals surface area (Å²) in [4.78, 5) is 25.2. The molecule has 3 aromatic rings. The largest absolute Gasteiger partial charge is 0.497 e. The van der Waals surface area contributed by atoms with Crippen LogP contribution in [0.3, 0.4) is 0 Å². The summed E-state index contributed by atoms with van der Waals surface area (Å²) in [5.41, 5.74) is 2.34. The average Bonchev–Trinajstić information content (AvgIpc) is 2.85. The molecule has 0 bridgehead atoms. The van der Waals surface area contributed by atoms with Crippen LogP contribution in [0.4, 0.5) is 5.69 Å². The second kappa shape index (κ2) is 11.3. The van der Waals surface area contributed by atoms with Crippen LogP contribution < -0.4 is 19.5 Å². The van der Waals surface area contributed by atoms with Gasteiger partial charge in [-0.3, -0.25) is 4.79 Å². The fourth-order valence-electron chi connectivity index (χ4n) is 3.07. The number of hydrogen-bond donors (Lipinski definition) is 1. The van der Waals surface area contributed by atoms with E-state index in [4.69, 9.17) is 14.2 Å². The Balaban J connectivity index is 1.82. The van der Waals surface area contributed by atoms with Crippen LogP contribution in [0.1, 0.15) is 28.4 Å². The lowest BCUT2D eigenvalue weighted by Crippen LogP contribution is -2.14. The van der Waals surface area contributed by atoms with E-state index in [2.05, 4.69) is 5.32 Å². The van der Waals surface area contributed by atoms with Crippen molar-refractivity contribution in [3.63, 3.8) is 0 Å². The first-order chi connectivity index (χ1) is 16.4. The van der Waals surface area contributed by atoms with E-state index in [0.717, 1.165) is 5.56 Å². The topological polar surface area (TPSA) is 97.6 Å². The predicted octanol–water partition coefficient (Wildman–Crippen LogP) is 5.17. The number of carbonyl (C=O) groups is 2. The maximum Gasteiger partial charge on any atom is 0.343 e. The number of methoxy groups -OCH3 is 1. The Hall–Kier alpha value is -4.57.